The molecule has 2 amide bonds. The molecule has 1 N–H and O–H groups in total. The zero-order chi connectivity index (χ0) is 16.4. The number of carbonyl (C=O) groups is 2. The van der Waals surface area contributed by atoms with Crippen molar-refractivity contribution >= 4 is 45.8 Å². The predicted octanol–water partition coefficient (Wildman–Crippen LogP) is 2.43. The van der Waals surface area contributed by atoms with Crippen LogP contribution in [0.3, 0.4) is 0 Å². The number of nitrogens with one attached hydrogen (secondary N) is 1. The van der Waals surface area contributed by atoms with Crippen molar-refractivity contribution < 1.29 is 9.59 Å². The third-order valence-corrected chi connectivity index (χ3v) is 5.29. The fourth-order valence-corrected chi connectivity index (χ4v) is 3.82. The smallest absolute Gasteiger partial charge is 0.228 e. The van der Waals surface area contributed by atoms with Crippen LogP contribution in [0.15, 0.2) is 28.7 Å². The highest BCUT2D eigenvalue weighted by atomic mass is 79.9. The average molecular weight is 417 g/mol. The van der Waals surface area contributed by atoms with E-state index in [-0.39, 0.29) is 30.1 Å². The van der Waals surface area contributed by atoms with E-state index in [0.29, 0.717) is 19.0 Å². The molecule has 2 aliphatic rings. The summed E-state index contributed by atoms with van der Waals surface area (Å²) in [4.78, 5) is 28.7. The van der Waals surface area contributed by atoms with Gasteiger partial charge in [0.25, 0.3) is 0 Å². The number of rotatable bonds is 3. The standard InChI is InChI=1S/C17H22BrN3O2.ClH/c1-20(14-5-7-19-8-6-14)17(23)12-9-16(22)21(11-12)15-4-2-3-13(18)10-15;/h2-4,10,12,14,19H,5-9,11H2,1H3;1H. The maximum absolute atomic E-state index is 12.8. The fraction of sp³-hybridized carbons (Fsp3) is 0.529. The third-order valence-electron chi connectivity index (χ3n) is 4.80. The molecule has 5 nitrogen and oxygen atoms in total. The Hall–Kier alpha value is -1.11. The van der Waals surface area contributed by atoms with Gasteiger partial charge in [0, 0.05) is 36.2 Å². The first kappa shape index (κ1) is 19.2. The number of amides is 2. The second-order valence-electron chi connectivity index (χ2n) is 6.32. The molecular weight excluding hydrogens is 394 g/mol. The van der Waals surface area contributed by atoms with Gasteiger partial charge < -0.3 is 15.1 Å². The highest BCUT2D eigenvalue weighted by molar-refractivity contribution is 9.10. The van der Waals surface area contributed by atoms with E-state index < -0.39 is 0 Å². The first-order chi connectivity index (χ1) is 11.1. The van der Waals surface area contributed by atoms with E-state index in [2.05, 4.69) is 21.2 Å². The topological polar surface area (TPSA) is 52.7 Å². The van der Waals surface area contributed by atoms with Crippen LogP contribution in [0.25, 0.3) is 0 Å². The minimum Gasteiger partial charge on any atom is -0.342 e. The number of benzene rings is 1. The Kier molecular flexibility index (Phi) is 6.66. The Morgan fingerprint density at radius 2 is 2.04 bits per heavy atom. The van der Waals surface area contributed by atoms with E-state index in [1.807, 2.05) is 36.2 Å². The molecule has 1 unspecified atom stereocenters. The van der Waals surface area contributed by atoms with Crippen LogP contribution in [0.4, 0.5) is 5.69 Å². The Bertz CT molecular complexity index is 607. The van der Waals surface area contributed by atoms with Gasteiger partial charge in [0.2, 0.25) is 11.8 Å². The number of nitrogens with zero attached hydrogens (tertiary/aromatic N) is 2. The lowest BCUT2D eigenvalue weighted by Gasteiger charge is -2.33. The molecule has 0 radical (unpaired) electrons. The molecule has 0 spiro atoms. The van der Waals surface area contributed by atoms with Gasteiger partial charge in [-0.1, -0.05) is 22.0 Å². The fourth-order valence-electron chi connectivity index (χ4n) is 3.43. The average Bonchev–Trinajstić information content (AvgIpc) is 2.96. The van der Waals surface area contributed by atoms with Crippen LogP contribution in [-0.4, -0.2) is 49.4 Å². The lowest BCUT2D eigenvalue weighted by molar-refractivity contribution is -0.137. The van der Waals surface area contributed by atoms with E-state index in [0.717, 1.165) is 36.1 Å². The zero-order valence-corrected chi connectivity index (χ0v) is 16.1. The van der Waals surface area contributed by atoms with Crippen LogP contribution in [0.5, 0.6) is 0 Å². The maximum atomic E-state index is 12.8. The second-order valence-corrected chi connectivity index (χ2v) is 7.23. The van der Waals surface area contributed by atoms with Gasteiger partial charge in [0.05, 0.1) is 5.92 Å². The molecular formula is C17H23BrClN3O2. The molecule has 0 saturated carbocycles. The number of anilines is 1. The van der Waals surface area contributed by atoms with Gasteiger partial charge in [-0.2, -0.15) is 0 Å². The van der Waals surface area contributed by atoms with Crippen LogP contribution >= 0.6 is 28.3 Å². The first-order valence-electron chi connectivity index (χ1n) is 8.09. The minimum absolute atomic E-state index is 0. The Balaban J connectivity index is 0.00000208. The molecule has 0 aromatic heterocycles. The lowest BCUT2D eigenvalue weighted by Crippen LogP contribution is -2.46. The van der Waals surface area contributed by atoms with Gasteiger partial charge in [0.15, 0.2) is 0 Å². The number of carbonyl (C=O) groups excluding carboxylic acids is 2. The Morgan fingerprint density at radius 1 is 1.33 bits per heavy atom. The normalized spacial score (nSPS) is 21.5. The summed E-state index contributed by atoms with van der Waals surface area (Å²) in [7, 11) is 1.88. The van der Waals surface area contributed by atoms with Gasteiger partial charge in [-0.15, -0.1) is 12.4 Å². The van der Waals surface area contributed by atoms with Crippen molar-refractivity contribution in [2.75, 3.05) is 31.6 Å². The maximum Gasteiger partial charge on any atom is 0.228 e. The van der Waals surface area contributed by atoms with Gasteiger partial charge in [-0.25, -0.2) is 0 Å². The summed E-state index contributed by atoms with van der Waals surface area (Å²) in [6.45, 7) is 2.38. The van der Waals surface area contributed by atoms with E-state index in [1.54, 1.807) is 4.90 Å². The van der Waals surface area contributed by atoms with Crippen molar-refractivity contribution in [3.63, 3.8) is 0 Å². The van der Waals surface area contributed by atoms with Gasteiger partial charge in [-0.3, -0.25) is 9.59 Å². The van der Waals surface area contributed by atoms with Crippen molar-refractivity contribution in [2.45, 2.75) is 25.3 Å². The molecule has 132 valence electrons. The molecule has 1 atom stereocenters. The summed E-state index contributed by atoms with van der Waals surface area (Å²) in [6.07, 6.45) is 2.27. The number of piperidine rings is 1. The van der Waals surface area contributed by atoms with Gasteiger partial charge in [-0.05, 0) is 44.1 Å². The summed E-state index contributed by atoms with van der Waals surface area (Å²) < 4.78 is 0.935. The van der Waals surface area contributed by atoms with Crippen molar-refractivity contribution in [2.24, 2.45) is 5.92 Å². The molecule has 2 fully saturated rings. The molecule has 0 aliphatic carbocycles. The van der Waals surface area contributed by atoms with Gasteiger partial charge in [0.1, 0.15) is 0 Å². The van der Waals surface area contributed by atoms with Gasteiger partial charge >= 0.3 is 0 Å². The van der Waals surface area contributed by atoms with E-state index in [4.69, 9.17) is 0 Å². The van der Waals surface area contributed by atoms with Crippen molar-refractivity contribution in [1.29, 1.82) is 0 Å². The van der Waals surface area contributed by atoms with E-state index in [9.17, 15) is 9.59 Å². The Morgan fingerprint density at radius 3 is 2.71 bits per heavy atom. The number of halogens is 2. The summed E-state index contributed by atoms with van der Waals surface area (Å²) in [6, 6.07) is 7.95. The summed E-state index contributed by atoms with van der Waals surface area (Å²) in [5.74, 6) is -0.107. The molecule has 1 aromatic rings. The molecule has 1 aromatic carbocycles. The number of hydrogen-bond acceptors (Lipinski definition) is 3. The largest absolute Gasteiger partial charge is 0.342 e. The molecule has 7 heteroatoms. The van der Waals surface area contributed by atoms with Crippen molar-refractivity contribution in [1.82, 2.24) is 10.2 Å². The van der Waals surface area contributed by atoms with Crippen molar-refractivity contribution in [3.05, 3.63) is 28.7 Å². The van der Waals surface area contributed by atoms with Crippen LogP contribution in [0, 0.1) is 5.92 Å². The highest BCUT2D eigenvalue weighted by Gasteiger charge is 2.38. The summed E-state index contributed by atoms with van der Waals surface area (Å²) >= 11 is 3.43. The highest BCUT2D eigenvalue weighted by Crippen LogP contribution is 2.28. The monoisotopic (exact) mass is 415 g/mol. The minimum atomic E-state index is -0.235. The zero-order valence-electron chi connectivity index (χ0n) is 13.7. The SMILES string of the molecule is CN(C(=O)C1CC(=O)N(c2cccc(Br)c2)C1)C1CCNCC1.Cl. The third kappa shape index (κ3) is 4.10. The van der Waals surface area contributed by atoms with Crippen LogP contribution in [0.2, 0.25) is 0 Å². The van der Waals surface area contributed by atoms with Crippen LogP contribution in [-0.2, 0) is 9.59 Å². The second kappa shape index (κ2) is 8.32. The molecule has 24 heavy (non-hydrogen) atoms. The predicted molar refractivity (Wildman–Crippen MR) is 101 cm³/mol. The first-order valence-corrected chi connectivity index (χ1v) is 8.89. The molecule has 2 aliphatic heterocycles. The van der Waals surface area contributed by atoms with E-state index in [1.165, 1.54) is 0 Å². The van der Waals surface area contributed by atoms with Crippen LogP contribution in [0.1, 0.15) is 19.3 Å². The summed E-state index contributed by atoms with van der Waals surface area (Å²) in [5, 5.41) is 3.31. The molecule has 2 saturated heterocycles. The van der Waals surface area contributed by atoms with E-state index >= 15 is 0 Å². The van der Waals surface area contributed by atoms with Crippen molar-refractivity contribution in [3.8, 4) is 0 Å². The molecule has 2 heterocycles. The number of hydrogen-bond donors (Lipinski definition) is 1. The quantitative estimate of drug-likeness (QED) is 0.823. The molecule has 0 bridgehead atoms. The Labute approximate surface area is 157 Å². The molecule has 3 rings (SSSR count). The summed E-state index contributed by atoms with van der Waals surface area (Å²) in [5.41, 5.74) is 0.851. The lowest BCUT2D eigenvalue weighted by atomic mass is 10.0. The van der Waals surface area contributed by atoms with Crippen LogP contribution < -0.4 is 10.2 Å².